The Morgan fingerprint density at radius 3 is 2.45 bits per heavy atom. The summed E-state index contributed by atoms with van der Waals surface area (Å²) in [5.41, 5.74) is 5.14. The van der Waals surface area contributed by atoms with Crippen molar-refractivity contribution in [3.05, 3.63) is 0 Å². The monoisotopic (exact) mass is 304 g/mol. The molecule has 0 radical (unpaired) electrons. The Balaban J connectivity index is 3.59. The normalized spacial score (nSPS) is 11.0. The molecule has 0 aromatic rings. The van der Waals surface area contributed by atoms with Gasteiger partial charge in [0, 0.05) is 17.6 Å². The van der Waals surface area contributed by atoms with Crippen LogP contribution in [0, 0.1) is 0 Å². The lowest BCUT2D eigenvalue weighted by molar-refractivity contribution is -0.273. The predicted molar refractivity (Wildman–Crippen MR) is 57.3 cm³/mol. The van der Waals surface area contributed by atoms with Gasteiger partial charge in [0.2, 0.25) is 0 Å². The maximum absolute atomic E-state index is 12.6. The van der Waals surface area contributed by atoms with Gasteiger partial charge in [0.1, 0.15) is 6.61 Å². The van der Waals surface area contributed by atoms with E-state index in [9.17, 15) is 22.9 Å². The number of amides is 1. The van der Waals surface area contributed by atoms with Crippen molar-refractivity contribution in [1.82, 2.24) is 5.32 Å². The molecule has 0 aliphatic rings. The maximum Gasteiger partial charge on any atom is 0.459 e. The zero-order chi connectivity index (χ0) is 15.4. The standard InChI is InChI=1S/C9H15F3N2O6/c10-9(11,7(15)20-12)19-4-2-14-8(16)18-6-5-17-3-1-13/h1-6,13H2,(H,14,16). The number of carbonyl (C=O) groups excluding carboxylic acids is 2. The number of hydrogen-bond acceptors (Lipinski definition) is 7. The van der Waals surface area contributed by atoms with Crippen molar-refractivity contribution in [2.24, 2.45) is 5.73 Å². The second-order valence-corrected chi connectivity index (χ2v) is 3.19. The fraction of sp³-hybridized carbons (Fsp3) is 0.778. The first-order chi connectivity index (χ1) is 9.44. The summed E-state index contributed by atoms with van der Waals surface area (Å²) in [5.74, 6) is -2.47. The Bertz CT molecular complexity index is 305. The van der Waals surface area contributed by atoms with Gasteiger partial charge in [0.15, 0.2) is 0 Å². The first kappa shape index (κ1) is 18.4. The number of ether oxygens (including phenoxy) is 3. The van der Waals surface area contributed by atoms with Crippen LogP contribution in [0.2, 0.25) is 0 Å². The first-order valence-corrected chi connectivity index (χ1v) is 5.47. The molecular weight excluding hydrogens is 289 g/mol. The van der Waals surface area contributed by atoms with Gasteiger partial charge in [0.05, 0.1) is 19.8 Å². The Morgan fingerprint density at radius 2 is 1.85 bits per heavy atom. The zero-order valence-electron chi connectivity index (χ0n) is 10.4. The highest BCUT2D eigenvalue weighted by Crippen LogP contribution is 2.16. The van der Waals surface area contributed by atoms with Crippen molar-refractivity contribution in [2.75, 3.05) is 39.5 Å². The fourth-order valence-electron chi connectivity index (χ4n) is 0.866. The molecule has 0 saturated carbocycles. The van der Waals surface area contributed by atoms with Crippen LogP contribution in [0.15, 0.2) is 0 Å². The molecule has 0 heterocycles. The summed E-state index contributed by atoms with van der Waals surface area (Å²) < 4.78 is 49.6. The maximum atomic E-state index is 12.6. The summed E-state index contributed by atoms with van der Waals surface area (Å²) in [7, 11) is 0. The average Bonchev–Trinajstić information content (AvgIpc) is 2.42. The molecule has 0 unspecified atom stereocenters. The van der Waals surface area contributed by atoms with Gasteiger partial charge in [-0.25, -0.2) is 14.5 Å². The number of alkyl halides is 2. The molecule has 0 rings (SSSR count). The molecule has 0 aromatic carbocycles. The highest BCUT2D eigenvalue weighted by atomic mass is 19.3. The van der Waals surface area contributed by atoms with Crippen LogP contribution in [0.25, 0.3) is 0 Å². The minimum absolute atomic E-state index is 0.0446. The van der Waals surface area contributed by atoms with E-state index in [4.69, 9.17) is 10.5 Å². The van der Waals surface area contributed by atoms with Crippen LogP contribution in [0.3, 0.4) is 0 Å². The van der Waals surface area contributed by atoms with Crippen LogP contribution in [0.5, 0.6) is 0 Å². The van der Waals surface area contributed by atoms with Crippen molar-refractivity contribution in [3.8, 4) is 0 Å². The summed E-state index contributed by atoms with van der Waals surface area (Å²) in [4.78, 5) is 23.5. The largest absolute Gasteiger partial charge is 0.459 e. The van der Waals surface area contributed by atoms with Crippen LogP contribution in [0.1, 0.15) is 0 Å². The number of rotatable bonds is 10. The Kier molecular flexibility index (Phi) is 9.41. The molecule has 0 saturated heterocycles. The highest BCUT2D eigenvalue weighted by molar-refractivity contribution is 5.75. The molecule has 0 aromatic heterocycles. The molecule has 1 amide bonds. The number of nitrogens with two attached hydrogens (primary N) is 1. The topological polar surface area (TPSA) is 109 Å². The van der Waals surface area contributed by atoms with Crippen LogP contribution >= 0.6 is 0 Å². The summed E-state index contributed by atoms with van der Waals surface area (Å²) in [6.45, 7) is -0.380. The van der Waals surface area contributed by atoms with Gasteiger partial charge in [-0.1, -0.05) is 0 Å². The molecule has 118 valence electrons. The van der Waals surface area contributed by atoms with E-state index in [1.807, 2.05) is 0 Å². The molecular formula is C9H15F3N2O6. The Hall–Kier alpha value is -1.59. The summed E-state index contributed by atoms with van der Waals surface area (Å²) in [6.07, 6.45) is -5.31. The third-order valence-corrected chi connectivity index (χ3v) is 1.69. The number of hydrogen-bond donors (Lipinski definition) is 2. The van der Waals surface area contributed by atoms with E-state index < -0.39 is 24.8 Å². The quantitative estimate of drug-likeness (QED) is 0.534. The van der Waals surface area contributed by atoms with Crippen molar-refractivity contribution >= 4 is 12.1 Å². The van der Waals surface area contributed by atoms with Gasteiger partial charge in [0.25, 0.3) is 0 Å². The number of alkyl carbamates (subject to hydrolysis) is 1. The van der Waals surface area contributed by atoms with Crippen LogP contribution < -0.4 is 11.1 Å². The van der Waals surface area contributed by atoms with E-state index in [2.05, 4.69) is 19.7 Å². The Labute approximate surface area is 112 Å². The van der Waals surface area contributed by atoms with Gasteiger partial charge >= 0.3 is 18.2 Å². The average molecular weight is 304 g/mol. The first-order valence-electron chi connectivity index (χ1n) is 5.47. The van der Waals surface area contributed by atoms with Crippen molar-refractivity contribution in [2.45, 2.75) is 6.11 Å². The molecule has 20 heavy (non-hydrogen) atoms. The molecule has 0 fully saturated rings. The molecule has 3 N–H and O–H groups in total. The SMILES string of the molecule is NCCOCCOC(=O)NCCOC(F)(F)C(=O)OF. The van der Waals surface area contributed by atoms with E-state index in [1.165, 1.54) is 0 Å². The van der Waals surface area contributed by atoms with E-state index in [0.29, 0.717) is 13.2 Å². The van der Waals surface area contributed by atoms with Gasteiger partial charge < -0.3 is 25.3 Å². The number of carbonyl (C=O) groups is 2. The molecule has 0 aliphatic heterocycles. The number of nitrogens with one attached hydrogen (secondary N) is 1. The van der Waals surface area contributed by atoms with Crippen molar-refractivity contribution < 1.29 is 42.0 Å². The summed E-state index contributed by atoms with van der Waals surface area (Å²) in [5, 5.41) is 2.06. The van der Waals surface area contributed by atoms with E-state index in [-0.39, 0.29) is 19.8 Å². The predicted octanol–water partition coefficient (Wildman–Crippen LogP) is -0.275. The Morgan fingerprint density at radius 1 is 1.15 bits per heavy atom. The van der Waals surface area contributed by atoms with Crippen molar-refractivity contribution in [3.63, 3.8) is 0 Å². The smallest absolute Gasteiger partial charge is 0.447 e. The van der Waals surface area contributed by atoms with Gasteiger partial charge in [-0.2, -0.15) is 8.78 Å². The minimum atomic E-state index is -4.42. The van der Waals surface area contributed by atoms with Crippen molar-refractivity contribution in [1.29, 1.82) is 0 Å². The molecule has 8 nitrogen and oxygen atoms in total. The molecule has 0 aliphatic carbocycles. The number of halogens is 3. The van der Waals surface area contributed by atoms with Gasteiger partial charge in [-0.3, -0.25) is 0 Å². The lowest BCUT2D eigenvalue weighted by atomic mass is 10.6. The second-order valence-electron chi connectivity index (χ2n) is 3.19. The van der Waals surface area contributed by atoms with E-state index >= 15 is 0 Å². The van der Waals surface area contributed by atoms with Gasteiger partial charge in [-0.15, -0.1) is 0 Å². The van der Waals surface area contributed by atoms with Crippen LogP contribution in [-0.4, -0.2) is 57.7 Å². The third kappa shape index (κ3) is 8.50. The van der Waals surface area contributed by atoms with E-state index in [0.717, 1.165) is 0 Å². The molecule has 0 atom stereocenters. The minimum Gasteiger partial charge on any atom is -0.447 e. The second kappa shape index (κ2) is 10.2. The molecule has 0 bridgehead atoms. The lowest BCUT2D eigenvalue weighted by Gasteiger charge is -2.12. The summed E-state index contributed by atoms with van der Waals surface area (Å²) in [6, 6.07) is 0. The van der Waals surface area contributed by atoms with E-state index in [1.54, 1.807) is 0 Å². The third-order valence-electron chi connectivity index (χ3n) is 1.69. The summed E-state index contributed by atoms with van der Waals surface area (Å²) >= 11 is 0. The van der Waals surface area contributed by atoms with Crippen LogP contribution in [-0.2, 0) is 23.9 Å². The van der Waals surface area contributed by atoms with Crippen LogP contribution in [0.4, 0.5) is 18.1 Å². The molecule has 0 spiro atoms. The van der Waals surface area contributed by atoms with Gasteiger partial charge in [-0.05, 0) is 0 Å². The molecule has 11 heteroatoms. The lowest BCUT2D eigenvalue weighted by Crippen LogP contribution is -2.36. The zero-order valence-corrected chi connectivity index (χ0v) is 10.4. The fourth-order valence-corrected chi connectivity index (χ4v) is 0.866. The highest BCUT2D eigenvalue weighted by Gasteiger charge is 2.43.